The van der Waals surface area contributed by atoms with Crippen LogP contribution in [0.2, 0.25) is 0 Å². The van der Waals surface area contributed by atoms with Gasteiger partial charge in [-0.25, -0.2) is 0 Å². The van der Waals surface area contributed by atoms with Crippen LogP contribution < -0.4 is 5.73 Å². The lowest BCUT2D eigenvalue weighted by Crippen LogP contribution is -2.34. The molecular weight excluding hydrogens is 184 g/mol. The first kappa shape index (κ1) is 11.4. The van der Waals surface area contributed by atoms with E-state index < -0.39 is 0 Å². The van der Waals surface area contributed by atoms with E-state index in [4.69, 9.17) is 5.73 Å². The van der Waals surface area contributed by atoms with Gasteiger partial charge in [-0.05, 0) is 43.9 Å². The highest BCUT2D eigenvalue weighted by molar-refractivity contribution is 4.88. The summed E-state index contributed by atoms with van der Waals surface area (Å²) >= 11 is 0. The molecule has 88 valence electrons. The van der Waals surface area contributed by atoms with Crippen LogP contribution in [0, 0.1) is 11.8 Å². The third kappa shape index (κ3) is 3.46. The van der Waals surface area contributed by atoms with Gasteiger partial charge in [-0.3, -0.25) is 4.90 Å². The van der Waals surface area contributed by atoms with Crippen LogP contribution in [0.15, 0.2) is 0 Å². The molecule has 2 heteroatoms. The van der Waals surface area contributed by atoms with Crippen LogP contribution in [0.25, 0.3) is 0 Å². The normalized spacial score (nSPS) is 31.8. The molecular formula is C13H26N2. The highest BCUT2D eigenvalue weighted by atomic mass is 15.2. The lowest BCUT2D eigenvalue weighted by atomic mass is 10.1. The number of nitrogens with two attached hydrogens (primary N) is 1. The summed E-state index contributed by atoms with van der Waals surface area (Å²) in [5, 5.41) is 0. The molecule has 0 spiro atoms. The Morgan fingerprint density at radius 3 is 2.40 bits per heavy atom. The van der Waals surface area contributed by atoms with Gasteiger partial charge in [-0.15, -0.1) is 0 Å². The van der Waals surface area contributed by atoms with E-state index >= 15 is 0 Å². The van der Waals surface area contributed by atoms with Crippen molar-refractivity contribution in [2.45, 2.75) is 58.0 Å². The van der Waals surface area contributed by atoms with Crippen molar-refractivity contribution in [1.82, 2.24) is 4.90 Å². The Morgan fingerprint density at radius 1 is 1.20 bits per heavy atom. The van der Waals surface area contributed by atoms with Crippen LogP contribution in [0.3, 0.4) is 0 Å². The zero-order valence-electron chi connectivity index (χ0n) is 10.3. The number of nitrogens with zero attached hydrogens (tertiary/aromatic N) is 1. The second-order valence-electron chi connectivity index (χ2n) is 6.02. The predicted octanol–water partition coefficient (Wildman–Crippen LogP) is 2.23. The number of hydrogen-bond donors (Lipinski definition) is 1. The Balaban J connectivity index is 1.78. The highest BCUT2D eigenvalue weighted by Gasteiger charge is 2.32. The summed E-state index contributed by atoms with van der Waals surface area (Å²) in [5.41, 5.74) is 5.98. The molecule has 0 aromatic rings. The Hall–Kier alpha value is -0.0800. The fourth-order valence-electron chi connectivity index (χ4n) is 2.89. The van der Waals surface area contributed by atoms with E-state index in [-0.39, 0.29) is 0 Å². The van der Waals surface area contributed by atoms with Crippen molar-refractivity contribution in [1.29, 1.82) is 0 Å². The Morgan fingerprint density at radius 2 is 1.93 bits per heavy atom. The maximum Gasteiger partial charge on any atom is 0.00966 e. The summed E-state index contributed by atoms with van der Waals surface area (Å²) in [6.45, 7) is 7.26. The smallest absolute Gasteiger partial charge is 0.00966 e. The third-order valence-electron chi connectivity index (χ3n) is 3.74. The molecule has 2 unspecified atom stereocenters. The molecule has 0 aromatic carbocycles. The van der Waals surface area contributed by atoms with Crippen LogP contribution in [0.1, 0.15) is 46.0 Å². The van der Waals surface area contributed by atoms with Crippen LogP contribution in [0.5, 0.6) is 0 Å². The predicted molar refractivity (Wildman–Crippen MR) is 64.7 cm³/mol. The van der Waals surface area contributed by atoms with Gasteiger partial charge in [0.25, 0.3) is 0 Å². The third-order valence-corrected chi connectivity index (χ3v) is 3.74. The van der Waals surface area contributed by atoms with Crippen molar-refractivity contribution in [2.24, 2.45) is 17.6 Å². The molecule has 2 aliphatic rings. The number of hydrogen-bond acceptors (Lipinski definition) is 2. The molecule has 2 rings (SSSR count). The Labute approximate surface area is 94.2 Å². The summed E-state index contributed by atoms with van der Waals surface area (Å²) in [7, 11) is 0. The molecule has 2 nitrogen and oxygen atoms in total. The SMILES string of the molecule is CC(C)CN(CC1CCC(N)C1)C1CC1. The minimum Gasteiger partial charge on any atom is -0.328 e. The summed E-state index contributed by atoms with van der Waals surface area (Å²) < 4.78 is 0. The summed E-state index contributed by atoms with van der Waals surface area (Å²) in [6.07, 6.45) is 6.76. The van der Waals surface area contributed by atoms with Gasteiger partial charge in [-0.2, -0.15) is 0 Å². The first-order valence-electron chi connectivity index (χ1n) is 6.64. The van der Waals surface area contributed by atoms with Crippen molar-refractivity contribution < 1.29 is 0 Å². The maximum atomic E-state index is 5.98. The zero-order chi connectivity index (χ0) is 10.8. The van der Waals surface area contributed by atoms with Gasteiger partial charge in [-0.1, -0.05) is 13.8 Å². The summed E-state index contributed by atoms with van der Waals surface area (Å²) in [4.78, 5) is 2.73. The molecule has 2 N–H and O–H groups in total. The molecule has 0 radical (unpaired) electrons. The van der Waals surface area contributed by atoms with E-state index in [1.165, 1.54) is 45.2 Å². The van der Waals surface area contributed by atoms with E-state index in [9.17, 15) is 0 Å². The van der Waals surface area contributed by atoms with Crippen molar-refractivity contribution in [3.8, 4) is 0 Å². The average Bonchev–Trinajstić information content (AvgIpc) is 2.90. The Bertz CT molecular complexity index is 199. The van der Waals surface area contributed by atoms with Crippen LogP contribution in [0.4, 0.5) is 0 Å². The molecule has 15 heavy (non-hydrogen) atoms. The zero-order valence-corrected chi connectivity index (χ0v) is 10.3. The van der Waals surface area contributed by atoms with Gasteiger partial charge in [0.15, 0.2) is 0 Å². The molecule has 2 atom stereocenters. The second-order valence-corrected chi connectivity index (χ2v) is 6.02. The van der Waals surface area contributed by atoms with Crippen molar-refractivity contribution >= 4 is 0 Å². The molecule has 0 saturated heterocycles. The molecule has 0 bridgehead atoms. The average molecular weight is 210 g/mol. The quantitative estimate of drug-likeness (QED) is 0.754. The monoisotopic (exact) mass is 210 g/mol. The topological polar surface area (TPSA) is 29.3 Å². The Kier molecular flexibility index (Phi) is 3.68. The lowest BCUT2D eigenvalue weighted by Gasteiger charge is -2.27. The molecule has 0 aliphatic heterocycles. The van der Waals surface area contributed by atoms with Crippen molar-refractivity contribution in [3.05, 3.63) is 0 Å². The molecule has 0 aromatic heterocycles. The van der Waals surface area contributed by atoms with Gasteiger partial charge in [0, 0.05) is 25.2 Å². The molecule has 0 heterocycles. The largest absolute Gasteiger partial charge is 0.328 e. The fourth-order valence-corrected chi connectivity index (χ4v) is 2.89. The summed E-state index contributed by atoms with van der Waals surface area (Å²) in [5.74, 6) is 1.69. The van der Waals surface area contributed by atoms with Gasteiger partial charge >= 0.3 is 0 Å². The first-order chi connectivity index (χ1) is 7.15. The molecule has 2 saturated carbocycles. The van der Waals surface area contributed by atoms with Crippen LogP contribution in [-0.4, -0.2) is 30.1 Å². The lowest BCUT2D eigenvalue weighted by molar-refractivity contribution is 0.199. The van der Waals surface area contributed by atoms with Gasteiger partial charge in [0.05, 0.1) is 0 Å². The van der Waals surface area contributed by atoms with E-state index in [2.05, 4.69) is 18.7 Å². The van der Waals surface area contributed by atoms with Crippen LogP contribution in [-0.2, 0) is 0 Å². The molecule has 2 aliphatic carbocycles. The first-order valence-corrected chi connectivity index (χ1v) is 6.64. The van der Waals surface area contributed by atoms with E-state index in [1.807, 2.05) is 0 Å². The second kappa shape index (κ2) is 4.84. The minimum atomic E-state index is 0.495. The van der Waals surface area contributed by atoms with E-state index in [0.717, 1.165) is 17.9 Å². The van der Waals surface area contributed by atoms with Crippen molar-refractivity contribution in [3.63, 3.8) is 0 Å². The van der Waals surface area contributed by atoms with E-state index in [0.29, 0.717) is 6.04 Å². The van der Waals surface area contributed by atoms with Gasteiger partial charge in [0.2, 0.25) is 0 Å². The standard InChI is InChI=1S/C13H26N2/c1-10(2)8-15(13-5-6-13)9-11-3-4-12(14)7-11/h10-13H,3-9,14H2,1-2H3. The number of rotatable bonds is 5. The minimum absolute atomic E-state index is 0.495. The van der Waals surface area contributed by atoms with E-state index in [1.54, 1.807) is 0 Å². The fraction of sp³-hybridized carbons (Fsp3) is 1.00. The molecule has 2 fully saturated rings. The molecule has 0 amide bonds. The maximum absolute atomic E-state index is 5.98. The van der Waals surface area contributed by atoms with Crippen LogP contribution >= 0.6 is 0 Å². The van der Waals surface area contributed by atoms with Gasteiger partial charge < -0.3 is 5.73 Å². The highest BCUT2D eigenvalue weighted by Crippen LogP contribution is 2.32. The summed E-state index contributed by atoms with van der Waals surface area (Å²) in [6, 6.07) is 1.42. The van der Waals surface area contributed by atoms with Gasteiger partial charge in [0.1, 0.15) is 0 Å². The van der Waals surface area contributed by atoms with Crippen molar-refractivity contribution in [2.75, 3.05) is 13.1 Å².